The standard InChI is InChI=1S/C25H30FN3O/c26-19-8-11-23-21(16-19)22(17-27-23)18-6-9-20(10-7-18)28-12-3-13-29(15-14-28)24-4-1-2-5-25(24)30/h1-2,4-5,8,11,16-18,20,27,30H,3,6-7,9-10,12-15H2. The number of benzene rings is 2. The molecular formula is C25H30FN3O. The largest absolute Gasteiger partial charge is 0.506 e. The first-order valence-corrected chi connectivity index (χ1v) is 11.2. The Balaban J connectivity index is 1.21. The number of anilines is 1. The highest BCUT2D eigenvalue weighted by Gasteiger charge is 2.29. The van der Waals surface area contributed by atoms with Crippen LogP contribution in [-0.4, -0.2) is 47.2 Å². The molecule has 0 spiro atoms. The fraction of sp³-hybridized carbons (Fsp3) is 0.440. The minimum absolute atomic E-state index is 0.157. The Kier molecular flexibility index (Phi) is 5.38. The van der Waals surface area contributed by atoms with Crippen LogP contribution < -0.4 is 4.90 Å². The van der Waals surface area contributed by atoms with E-state index in [-0.39, 0.29) is 5.82 Å². The van der Waals surface area contributed by atoms with Gasteiger partial charge in [0.05, 0.1) is 5.69 Å². The highest BCUT2D eigenvalue weighted by molar-refractivity contribution is 5.83. The van der Waals surface area contributed by atoms with E-state index in [1.54, 1.807) is 12.1 Å². The lowest BCUT2D eigenvalue weighted by Crippen LogP contribution is -2.40. The van der Waals surface area contributed by atoms with Gasteiger partial charge in [-0.05, 0) is 73.9 Å². The molecule has 30 heavy (non-hydrogen) atoms. The molecular weight excluding hydrogens is 377 g/mol. The average molecular weight is 408 g/mol. The van der Waals surface area contributed by atoms with Crippen molar-refractivity contribution in [3.05, 3.63) is 60.0 Å². The number of aromatic amines is 1. The minimum Gasteiger partial charge on any atom is -0.506 e. The van der Waals surface area contributed by atoms with E-state index in [0.29, 0.717) is 17.7 Å². The SMILES string of the molecule is Oc1ccccc1N1CCCN(C2CCC(c3c[nH]c4ccc(F)cc34)CC2)CC1. The van der Waals surface area contributed by atoms with E-state index in [0.717, 1.165) is 62.0 Å². The van der Waals surface area contributed by atoms with Gasteiger partial charge in [-0.15, -0.1) is 0 Å². The van der Waals surface area contributed by atoms with E-state index in [1.807, 2.05) is 24.3 Å². The van der Waals surface area contributed by atoms with Gasteiger partial charge in [0.1, 0.15) is 11.6 Å². The summed E-state index contributed by atoms with van der Waals surface area (Å²) in [6.45, 7) is 4.11. The zero-order valence-electron chi connectivity index (χ0n) is 17.4. The summed E-state index contributed by atoms with van der Waals surface area (Å²) >= 11 is 0. The van der Waals surface area contributed by atoms with E-state index < -0.39 is 0 Å². The molecule has 3 aromatic rings. The lowest BCUT2D eigenvalue weighted by molar-refractivity contribution is 0.159. The number of hydrogen-bond acceptors (Lipinski definition) is 3. The Bertz CT molecular complexity index is 1010. The molecule has 1 aliphatic carbocycles. The average Bonchev–Trinajstić information content (AvgIpc) is 3.02. The normalized spacial score (nSPS) is 23.6. The van der Waals surface area contributed by atoms with Crippen LogP contribution in [0.2, 0.25) is 0 Å². The second-order valence-corrected chi connectivity index (χ2v) is 8.80. The molecule has 158 valence electrons. The molecule has 0 radical (unpaired) electrons. The monoisotopic (exact) mass is 407 g/mol. The first-order valence-electron chi connectivity index (χ1n) is 11.2. The van der Waals surface area contributed by atoms with Gasteiger partial charge in [-0.2, -0.15) is 0 Å². The first-order chi connectivity index (χ1) is 14.7. The molecule has 5 rings (SSSR count). The minimum atomic E-state index is -0.157. The van der Waals surface area contributed by atoms with Crippen LogP contribution in [0.15, 0.2) is 48.7 Å². The predicted molar refractivity (Wildman–Crippen MR) is 120 cm³/mol. The summed E-state index contributed by atoms with van der Waals surface area (Å²) in [6, 6.07) is 13.3. The van der Waals surface area contributed by atoms with Gasteiger partial charge in [-0.1, -0.05) is 12.1 Å². The molecule has 2 aromatic carbocycles. The lowest BCUT2D eigenvalue weighted by atomic mass is 9.81. The zero-order chi connectivity index (χ0) is 20.5. The molecule has 4 nitrogen and oxygen atoms in total. The van der Waals surface area contributed by atoms with Crippen molar-refractivity contribution in [2.24, 2.45) is 0 Å². The number of nitrogens with zero attached hydrogens (tertiary/aromatic N) is 2. The fourth-order valence-electron chi connectivity index (χ4n) is 5.48. The van der Waals surface area contributed by atoms with E-state index in [4.69, 9.17) is 0 Å². The van der Waals surface area contributed by atoms with E-state index in [2.05, 4.69) is 21.0 Å². The molecule has 2 fully saturated rings. The Morgan fingerprint density at radius 2 is 1.77 bits per heavy atom. The lowest BCUT2D eigenvalue weighted by Gasteiger charge is -2.36. The van der Waals surface area contributed by atoms with Crippen molar-refractivity contribution in [3.8, 4) is 5.75 Å². The summed E-state index contributed by atoms with van der Waals surface area (Å²) in [4.78, 5) is 8.30. The van der Waals surface area contributed by atoms with Gasteiger partial charge in [0.25, 0.3) is 0 Å². The quantitative estimate of drug-likeness (QED) is 0.623. The Morgan fingerprint density at radius 1 is 0.933 bits per heavy atom. The molecule has 2 N–H and O–H groups in total. The molecule has 5 heteroatoms. The van der Waals surface area contributed by atoms with Crippen LogP contribution in [0.5, 0.6) is 5.75 Å². The van der Waals surface area contributed by atoms with Crippen LogP contribution in [-0.2, 0) is 0 Å². The number of hydrogen-bond donors (Lipinski definition) is 2. The van der Waals surface area contributed by atoms with Crippen molar-refractivity contribution < 1.29 is 9.50 Å². The second kappa shape index (κ2) is 8.31. The van der Waals surface area contributed by atoms with Crippen LogP contribution in [0, 0.1) is 5.82 Å². The Labute approximate surface area is 177 Å². The van der Waals surface area contributed by atoms with Crippen LogP contribution in [0.25, 0.3) is 10.9 Å². The van der Waals surface area contributed by atoms with E-state index >= 15 is 0 Å². The number of rotatable bonds is 3. The second-order valence-electron chi connectivity index (χ2n) is 8.80. The molecule has 2 aliphatic rings. The molecule has 0 atom stereocenters. The number of fused-ring (bicyclic) bond motifs is 1. The zero-order valence-corrected chi connectivity index (χ0v) is 17.4. The smallest absolute Gasteiger partial charge is 0.138 e. The van der Waals surface area contributed by atoms with Crippen molar-refractivity contribution in [2.75, 3.05) is 31.1 Å². The summed E-state index contributed by atoms with van der Waals surface area (Å²) in [5.74, 6) is 0.735. The van der Waals surface area contributed by atoms with E-state index in [9.17, 15) is 9.50 Å². The van der Waals surface area contributed by atoms with Crippen molar-refractivity contribution in [1.82, 2.24) is 9.88 Å². The first kappa shape index (κ1) is 19.4. The van der Waals surface area contributed by atoms with Crippen molar-refractivity contribution in [3.63, 3.8) is 0 Å². The van der Waals surface area contributed by atoms with Crippen molar-refractivity contribution in [2.45, 2.75) is 44.1 Å². The van der Waals surface area contributed by atoms with Crippen LogP contribution in [0.4, 0.5) is 10.1 Å². The summed E-state index contributed by atoms with van der Waals surface area (Å²) < 4.78 is 13.7. The summed E-state index contributed by atoms with van der Waals surface area (Å²) in [5.41, 5.74) is 3.27. The predicted octanol–water partition coefficient (Wildman–Crippen LogP) is 5.25. The number of aromatic nitrogens is 1. The number of H-pyrrole nitrogens is 1. The maximum Gasteiger partial charge on any atom is 0.138 e. The summed E-state index contributed by atoms with van der Waals surface area (Å²) in [7, 11) is 0. The topological polar surface area (TPSA) is 42.5 Å². The molecule has 1 aliphatic heterocycles. The van der Waals surface area contributed by atoms with Crippen LogP contribution >= 0.6 is 0 Å². The summed E-state index contributed by atoms with van der Waals surface area (Å²) in [5, 5.41) is 11.2. The summed E-state index contributed by atoms with van der Waals surface area (Å²) in [6.07, 6.45) is 7.93. The van der Waals surface area contributed by atoms with Crippen molar-refractivity contribution in [1.29, 1.82) is 0 Å². The van der Waals surface area contributed by atoms with E-state index in [1.165, 1.54) is 24.5 Å². The molecule has 1 aromatic heterocycles. The van der Waals surface area contributed by atoms with Gasteiger partial charge >= 0.3 is 0 Å². The van der Waals surface area contributed by atoms with Gasteiger partial charge < -0.3 is 15.0 Å². The fourth-order valence-corrected chi connectivity index (χ4v) is 5.48. The molecule has 1 saturated heterocycles. The molecule has 0 amide bonds. The van der Waals surface area contributed by atoms with Gasteiger partial charge in [-0.25, -0.2) is 4.39 Å². The number of para-hydroxylation sites is 2. The highest BCUT2D eigenvalue weighted by Crippen LogP contribution is 2.38. The maximum absolute atomic E-state index is 13.7. The third-order valence-corrected chi connectivity index (χ3v) is 7.08. The van der Waals surface area contributed by atoms with Crippen molar-refractivity contribution >= 4 is 16.6 Å². The number of phenolic OH excluding ortho intramolecular Hbond substituents is 1. The number of aromatic hydroxyl groups is 1. The molecule has 0 bridgehead atoms. The Hall–Kier alpha value is -2.53. The molecule has 1 saturated carbocycles. The number of halogens is 1. The maximum atomic E-state index is 13.7. The third-order valence-electron chi connectivity index (χ3n) is 7.08. The third kappa shape index (κ3) is 3.79. The molecule has 2 heterocycles. The number of nitrogens with one attached hydrogen (secondary N) is 1. The van der Waals surface area contributed by atoms with Crippen LogP contribution in [0.3, 0.4) is 0 Å². The number of phenols is 1. The van der Waals surface area contributed by atoms with Gasteiger partial charge in [0, 0.05) is 49.3 Å². The van der Waals surface area contributed by atoms with Gasteiger partial charge in [-0.3, -0.25) is 4.90 Å². The molecule has 0 unspecified atom stereocenters. The van der Waals surface area contributed by atoms with Gasteiger partial charge in [0.15, 0.2) is 0 Å². The van der Waals surface area contributed by atoms with Gasteiger partial charge in [0.2, 0.25) is 0 Å². The Morgan fingerprint density at radius 3 is 2.60 bits per heavy atom. The highest BCUT2D eigenvalue weighted by atomic mass is 19.1. The van der Waals surface area contributed by atoms with Crippen LogP contribution in [0.1, 0.15) is 43.6 Å².